The number of para-hydroxylation sites is 1. The minimum absolute atomic E-state index is 0.0135. The summed E-state index contributed by atoms with van der Waals surface area (Å²) in [4.78, 5) is 0.0974. The van der Waals surface area contributed by atoms with E-state index in [9.17, 15) is 8.42 Å². The zero-order valence-corrected chi connectivity index (χ0v) is 13.2. The van der Waals surface area contributed by atoms with Gasteiger partial charge in [-0.25, -0.2) is 8.42 Å². The number of hydrogen-bond acceptors (Lipinski definition) is 3. The van der Waals surface area contributed by atoms with Gasteiger partial charge in [0.15, 0.2) is 0 Å². The van der Waals surface area contributed by atoms with Crippen molar-refractivity contribution in [3.05, 3.63) is 58.1 Å². The highest BCUT2D eigenvalue weighted by molar-refractivity contribution is 7.92. The van der Waals surface area contributed by atoms with Crippen LogP contribution in [0.3, 0.4) is 0 Å². The number of halogens is 2. The first-order valence-electron chi connectivity index (χ1n) is 6.10. The summed E-state index contributed by atoms with van der Waals surface area (Å²) < 4.78 is 27.0. The molecule has 21 heavy (non-hydrogen) atoms. The van der Waals surface area contributed by atoms with Crippen molar-refractivity contribution in [2.24, 2.45) is 0 Å². The summed E-state index contributed by atoms with van der Waals surface area (Å²) >= 11 is 11.9. The number of sulfonamides is 1. The summed E-state index contributed by atoms with van der Waals surface area (Å²) in [5.41, 5.74) is 1.01. The van der Waals surface area contributed by atoms with Crippen LogP contribution in [0.25, 0.3) is 0 Å². The second-order valence-electron chi connectivity index (χ2n) is 4.32. The van der Waals surface area contributed by atoms with Gasteiger partial charge >= 0.3 is 0 Å². The van der Waals surface area contributed by atoms with E-state index in [1.54, 1.807) is 30.3 Å². The van der Waals surface area contributed by atoms with Crippen LogP contribution >= 0.6 is 23.2 Å². The van der Waals surface area contributed by atoms with Crippen LogP contribution < -0.4 is 4.72 Å². The lowest BCUT2D eigenvalue weighted by atomic mass is 10.2. The van der Waals surface area contributed by atoms with E-state index in [-0.39, 0.29) is 27.2 Å². The molecular formula is C14H13Cl2NO3S. The molecule has 0 heterocycles. The Morgan fingerprint density at radius 2 is 1.57 bits per heavy atom. The zero-order valence-electron chi connectivity index (χ0n) is 10.9. The minimum atomic E-state index is -3.77. The summed E-state index contributed by atoms with van der Waals surface area (Å²) in [6.45, 7) is 0.0135. The number of aliphatic hydroxyl groups is 1. The Bertz CT molecular complexity index is 710. The van der Waals surface area contributed by atoms with Crippen LogP contribution in [-0.2, 0) is 16.4 Å². The highest BCUT2D eigenvalue weighted by atomic mass is 35.5. The van der Waals surface area contributed by atoms with Crippen molar-refractivity contribution in [1.29, 1.82) is 0 Å². The van der Waals surface area contributed by atoms with Gasteiger partial charge in [-0.1, -0.05) is 41.4 Å². The lowest BCUT2D eigenvalue weighted by Crippen LogP contribution is -2.13. The average molecular weight is 346 g/mol. The van der Waals surface area contributed by atoms with E-state index in [2.05, 4.69) is 4.72 Å². The molecule has 0 atom stereocenters. The summed E-state index contributed by atoms with van der Waals surface area (Å²) in [5, 5.41) is 9.29. The first-order chi connectivity index (χ1) is 9.94. The molecule has 2 N–H and O–H groups in total. The van der Waals surface area contributed by atoms with Crippen LogP contribution in [0.15, 0.2) is 47.4 Å². The Hall–Kier alpha value is -1.27. The quantitative estimate of drug-likeness (QED) is 0.873. The number of nitrogens with one attached hydrogen (secondary N) is 1. The fourth-order valence-electron chi connectivity index (χ4n) is 1.75. The molecule has 0 amide bonds. The molecule has 2 aromatic rings. The molecule has 0 saturated heterocycles. The summed E-state index contributed by atoms with van der Waals surface area (Å²) in [6.07, 6.45) is 0.476. The fourth-order valence-corrected chi connectivity index (χ4v) is 3.46. The molecule has 0 saturated carbocycles. The monoisotopic (exact) mass is 345 g/mol. The number of benzene rings is 2. The van der Waals surface area contributed by atoms with Crippen LogP contribution in [0.1, 0.15) is 5.56 Å². The Balaban J connectivity index is 2.30. The first-order valence-corrected chi connectivity index (χ1v) is 8.34. The smallest absolute Gasteiger partial charge is 0.261 e. The van der Waals surface area contributed by atoms with Crippen molar-refractivity contribution in [3.63, 3.8) is 0 Å². The maximum Gasteiger partial charge on any atom is 0.261 e. The fraction of sp³-hybridized carbons (Fsp3) is 0.143. The third-order valence-electron chi connectivity index (χ3n) is 2.83. The van der Waals surface area contributed by atoms with Gasteiger partial charge in [-0.05, 0) is 36.2 Å². The van der Waals surface area contributed by atoms with Gasteiger partial charge in [-0.2, -0.15) is 0 Å². The topological polar surface area (TPSA) is 66.4 Å². The number of anilines is 1. The summed E-state index contributed by atoms with van der Waals surface area (Å²) in [7, 11) is -3.77. The summed E-state index contributed by atoms with van der Waals surface area (Å²) in [5.74, 6) is 0. The van der Waals surface area contributed by atoms with E-state index in [0.29, 0.717) is 6.42 Å². The molecule has 112 valence electrons. The van der Waals surface area contributed by atoms with Gasteiger partial charge in [-0.3, -0.25) is 4.72 Å². The Kier molecular flexibility index (Phi) is 5.11. The lowest BCUT2D eigenvalue weighted by molar-refractivity contribution is 0.299. The van der Waals surface area contributed by atoms with Crippen molar-refractivity contribution >= 4 is 38.9 Å². The molecule has 0 aliphatic rings. The second kappa shape index (κ2) is 6.66. The van der Waals surface area contributed by atoms with Crippen molar-refractivity contribution in [1.82, 2.24) is 0 Å². The molecule has 0 aromatic heterocycles. The van der Waals surface area contributed by atoms with E-state index in [1.807, 2.05) is 0 Å². The maximum absolute atomic E-state index is 12.3. The maximum atomic E-state index is 12.3. The largest absolute Gasteiger partial charge is 0.396 e. The molecule has 0 fully saturated rings. The summed E-state index contributed by atoms with van der Waals surface area (Å²) in [6, 6.07) is 11.0. The molecule has 2 rings (SSSR count). The third-order valence-corrected chi connectivity index (χ3v) is 4.83. The van der Waals surface area contributed by atoms with Crippen molar-refractivity contribution in [2.45, 2.75) is 11.3 Å². The van der Waals surface area contributed by atoms with E-state index >= 15 is 0 Å². The molecule has 2 aromatic carbocycles. The molecule has 0 unspecified atom stereocenters. The molecular weight excluding hydrogens is 333 g/mol. The van der Waals surface area contributed by atoms with Gasteiger partial charge in [0.25, 0.3) is 10.0 Å². The minimum Gasteiger partial charge on any atom is -0.396 e. The average Bonchev–Trinajstić information content (AvgIpc) is 2.44. The van der Waals surface area contributed by atoms with E-state index in [4.69, 9.17) is 28.3 Å². The van der Waals surface area contributed by atoms with Gasteiger partial charge in [0.1, 0.15) is 0 Å². The van der Waals surface area contributed by atoms with Crippen molar-refractivity contribution in [3.8, 4) is 0 Å². The highest BCUT2D eigenvalue weighted by Gasteiger charge is 2.17. The Labute approximate surface area is 133 Å². The van der Waals surface area contributed by atoms with Crippen LogP contribution in [0.2, 0.25) is 10.0 Å². The molecule has 0 aliphatic carbocycles. The standard InChI is InChI=1S/C14H13Cl2NO3S/c15-12-2-1-3-13(16)14(12)17-21(19,20)11-6-4-10(5-7-11)8-9-18/h1-7,17-18H,8-9H2. The van der Waals surface area contributed by atoms with E-state index < -0.39 is 10.0 Å². The van der Waals surface area contributed by atoms with Gasteiger partial charge in [0, 0.05) is 6.61 Å². The predicted octanol–water partition coefficient (Wildman–Crippen LogP) is 3.33. The van der Waals surface area contributed by atoms with E-state index in [0.717, 1.165) is 5.56 Å². The van der Waals surface area contributed by atoms with Crippen LogP contribution in [0.5, 0.6) is 0 Å². The molecule has 4 nitrogen and oxygen atoms in total. The number of rotatable bonds is 5. The highest BCUT2D eigenvalue weighted by Crippen LogP contribution is 2.31. The van der Waals surface area contributed by atoms with Crippen LogP contribution in [-0.4, -0.2) is 20.1 Å². The zero-order chi connectivity index (χ0) is 15.5. The van der Waals surface area contributed by atoms with Crippen molar-refractivity contribution < 1.29 is 13.5 Å². The first kappa shape index (κ1) is 16.1. The van der Waals surface area contributed by atoms with Crippen LogP contribution in [0.4, 0.5) is 5.69 Å². The van der Waals surface area contributed by atoms with Crippen LogP contribution in [0, 0.1) is 0 Å². The molecule has 0 bridgehead atoms. The van der Waals surface area contributed by atoms with Gasteiger partial charge in [0.05, 0.1) is 20.6 Å². The SMILES string of the molecule is O=S(=O)(Nc1c(Cl)cccc1Cl)c1ccc(CCO)cc1. The number of hydrogen-bond donors (Lipinski definition) is 2. The van der Waals surface area contributed by atoms with Gasteiger partial charge < -0.3 is 5.11 Å². The van der Waals surface area contributed by atoms with Crippen molar-refractivity contribution in [2.75, 3.05) is 11.3 Å². The van der Waals surface area contributed by atoms with Gasteiger partial charge in [0.2, 0.25) is 0 Å². The third kappa shape index (κ3) is 3.89. The predicted molar refractivity (Wildman–Crippen MR) is 84.5 cm³/mol. The van der Waals surface area contributed by atoms with Gasteiger partial charge in [-0.15, -0.1) is 0 Å². The second-order valence-corrected chi connectivity index (χ2v) is 6.82. The molecule has 7 heteroatoms. The number of aliphatic hydroxyl groups excluding tert-OH is 1. The Morgan fingerprint density at radius 3 is 2.10 bits per heavy atom. The molecule has 0 aliphatic heterocycles. The van der Waals surface area contributed by atoms with E-state index in [1.165, 1.54) is 12.1 Å². The molecule has 0 spiro atoms. The Morgan fingerprint density at radius 1 is 1.00 bits per heavy atom. The normalized spacial score (nSPS) is 11.4. The molecule has 0 radical (unpaired) electrons. The lowest BCUT2D eigenvalue weighted by Gasteiger charge is -2.11.